The molecule has 0 aliphatic rings. The molecule has 0 spiro atoms. The van der Waals surface area contributed by atoms with Crippen LogP contribution in [0.25, 0.3) is 0 Å². The number of anilines is 1. The summed E-state index contributed by atoms with van der Waals surface area (Å²) in [5.74, 6) is 0.208. The third-order valence-corrected chi connectivity index (χ3v) is 3.63. The quantitative estimate of drug-likeness (QED) is 0.525. The van der Waals surface area contributed by atoms with Crippen LogP contribution in [0, 0.1) is 10.1 Å². The van der Waals surface area contributed by atoms with Crippen LogP contribution in [-0.2, 0) is 6.73 Å². The van der Waals surface area contributed by atoms with Crippen LogP contribution in [-0.4, -0.2) is 20.6 Å². The molecule has 0 saturated carbocycles. The van der Waals surface area contributed by atoms with Gasteiger partial charge in [-0.3, -0.25) is 14.9 Å². The molecule has 0 aliphatic heterocycles. The molecule has 1 amide bonds. The van der Waals surface area contributed by atoms with E-state index in [2.05, 4.69) is 10.4 Å². The second-order valence-electron chi connectivity index (χ2n) is 5.26. The zero-order valence-corrected chi connectivity index (χ0v) is 14.1. The van der Waals surface area contributed by atoms with E-state index >= 15 is 0 Å². The summed E-state index contributed by atoms with van der Waals surface area (Å²) in [6.45, 7) is 0.147. The Labute approximate surface area is 153 Å². The average molecular weight is 373 g/mol. The van der Waals surface area contributed by atoms with Crippen molar-refractivity contribution in [3.05, 3.63) is 81.6 Å². The SMILES string of the molecule is O=C(Nc1cnn(COc2cccc(Cl)c2)c1)c1ccc([N+](=O)[O-])cc1. The number of hydrogen-bond donors (Lipinski definition) is 1. The summed E-state index contributed by atoms with van der Waals surface area (Å²) in [6.07, 6.45) is 3.08. The van der Waals surface area contributed by atoms with Gasteiger partial charge in [-0.25, -0.2) is 4.68 Å². The van der Waals surface area contributed by atoms with Gasteiger partial charge in [0.25, 0.3) is 11.6 Å². The number of nitro groups is 1. The molecule has 0 saturated heterocycles. The fourth-order valence-corrected chi connectivity index (χ4v) is 2.31. The molecule has 3 rings (SSSR count). The Bertz CT molecular complexity index is 940. The van der Waals surface area contributed by atoms with E-state index in [1.807, 2.05) is 0 Å². The van der Waals surface area contributed by atoms with E-state index in [0.717, 1.165) is 0 Å². The van der Waals surface area contributed by atoms with Crippen molar-refractivity contribution in [3.8, 4) is 5.75 Å². The number of carbonyl (C=O) groups is 1. The molecular formula is C17H13ClN4O4. The summed E-state index contributed by atoms with van der Waals surface area (Å²) in [5.41, 5.74) is 0.703. The molecule has 132 valence electrons. The van der Waals surface area contributed by atoms with Crippen molar-refractivity contribution in [1.82, 2.24) is 9.78 Å². The van der Waals surface area contributed by atoms with Crippen molar-refractivity contribution < 1.29 is 14.5 Å². The number of halogens is 1. The molecule has 0 bridgehead atoms. The topological polar surface area (TPSA) is 99.3 Å². The van der Waals surface area contributed by atoms with Gasteiger partial charge in [0, 0.05) is 22.7 Å². The maximum atomic E-state index is 12.2. The fourth-order valence-electron chi connectivity index (χ4n) is 2.13. The van der Waals surface area contributed by atoms with Crippen molar-refractivity contribution >= 4 is 28.9 Å². The molecular weight excluding hydrogens is 360 g/mol. The number of nitrogens with one attached hydrogen (secondary N) is 1. The van der Waals surface area contributed by atoms with E-state index < -0.39 is 10.8 Å². The van der Waals surface area contributed by atoms with Crippen LogP contribution in [0.15, 0.2) is 60.9 Å². The Kier molecular flexibility index (Phi) is 5.14. The summed E-state index contributed by atoms with van der Waals surface area (Å²) in [5, 5.41) is 18.0. The van der Waals surface area contributed by atoms with Crippen LogP contribution in [0.4, 0.5) is 11.4 Å². The van der Waals surface area contributed by atoms with E-state index in [4.69, 9.17) is 16.3 Å². The lowest BCUT2D eigenvalue weighted by Crippen LogP contribution is -2.11. The van der Waals surface area contributed by atoms with Gasteiger partial charge in [0.1, 0.15) is 5.75 Å². The number of ether oxygens (including phenoxy) is 1. The standard InChI is InChI=1S/C17H13ClN4O4/c18-13-2-1-3-16(8-13)26-11-21-10-14(9-19-21)20-17(23)12-4-6-15(7-5-12)22(24)25/h1-10H,11H2,(H,20,23). The Morgan fingerprint density at radius 2 is 2.04 bits per heavy atom. The molecule has 2 aromatic carbocycles. The molecule has 0 fully saturated rings. The highest BCUT2D eigenvalue weighted by Crippen LogP contribution is 2.18. The highest BCUT2D eigenvalue weighted by Gasteiger charge is 2.10. The Morgan fingerprint density at radius 1 is 1.27 bits per heavy atom. The number of carbonyl (C=O) groups excluding carboxylic acids is 1. The molecule has 3 aromatic rings. The first kappa shape index (κ1) is 17.4. The van der Waals surface area contributed by atoms with Gasteiger partial charge in [0.2, 0.25) is 0 Å². The van der Waals surface area contributed by atoms with Gasteiger partial charge >= 0.3 is 0 Å². The highest BCUT2D eigenvalue weighted by molar-refractivity contribution is 6.30. The number of amides is 1. The molecule has 9 heteroatoms. The molecule has 1 N–H and O–H groups in total. The van der Waals surface area contributed by atoms with E-state index in [9.17, 15) is 14.9 Å². The third kappa shape index (κ3) is 4.37. The van der Waals surface area contributed by atoms with Gasteiger partial charge < -0.3 is 10.1 Å². The van der Waals surface area contributed by atoms with Gasteiger partial charge in [-0.2, -0.15) is 5.10 Å². The first-order chi connectivity index (χ1) is 12.5. The number of non-ortho nitro benzene ring substituents is 1. The predicted octanol–water partition coefficient (Wildman–Crippen LogP) is 3.73. The third-order valence-electron chi connectivity index (χ3n) is 3.39. The van der Waals surface area contributed by atoms with E-state index in [0.29, 0.717) is 22.0 Å². The lowest BCUT2D eigenvalue weighted by molar-refractivity contribution is -0.384. The number of aromatic nitrogens is 2. The Balaban J connectivity index is 1.59. The normalized spacial score (nSPS) is 10.3. The number of hydrogen-bond acceptors (Lipinski definition) is 5. The maximum Gasteiger partial charge on any atom is 0.269 e. The molecule has 26 heavy (non-hydrogen) atoms. The van der Waals surface area contributed by atoms with Crippen molar-refractivity contribution in [2.75, 3.05) is 5.32 Å². The first-order valence-electron chi connectivity index (χ1n) is 7.48. The lowest BCUT2D eigenvalue weighted by Gasteiger charge is -2.06. The Hall–Kier alpha value is -3.39. The summed E-state index contributed by atoms with van der Waals surface area (Å²) < 4.78 is 7.06. The van der Waals surface area contributed by atoms with Crippen LogP contribution in [0.5, 0.6) is 5.75 Å². The lowest BCUT2D eigenvalue weighted by atomic mass is 10.2. The van der Waals surface area contributed by atoms with E-state index in [-0.39, 0.29) is 12.4 Å². The zero-order chi connectivity index (χ0) is 18.5. The van der Waals surface area contributed by atoms with Crippen LogP contribution in [0.1, 0.15) is 10.4 Å². The monoisotopic (exact) mass is 372 g/mol. The maximum absolute atomic E-state index is 12.2. The fraction of sp³-hybridized carbons (Fsp3) is 0.0588. The minimum absolute atomic E-state index is 0.0764. The molecule has 0 unspecified atom stereocenters. The van der Waals surface area contributed by atoms with E-state index in [1.165, 1.54) is 35.1 Å². The molecule has 1 heterocycles. The zero-order valence-electron chi connectivity index (χ0n) is 13.3. The van der Waals surface area contributed by atoms with Crippen molar-refractivity contribution in [2.24, 2.45) is 0 Å². The van der Waals surface area contributed by atoms with Gasteiger partial charge in [-0.15, -0.1) is 0 Å². The molecule has 0 aliphatic carbocycles. The van der Waals surface area contributed by atoms with Gasteiger partial charge in [-0.05, 0) is 30.3 Å². The van der Waals surface area contributed by atoms with Crippen LogP contribution in [0.2, 0.25) is 5.02 Å². The second-order valence-corrected chi connectivity index (χ2v) is 5.69. The minimum Gasteiger partial charge on any atom is -0.471 e. The molecule has 8 nitrogen and oxygen atoms in total. The summed E-state index contributed by atoms with van der Waals surface area (Å²) in [4.78, 5) is 22.3. The second kappa shape index (κ2) is 7.66. The number of benzene rings is 2. The minimum atomic E-state index is -0.522. The smallest absolute Gasteiger partial charge is 0.269 e. The van der Waals surface area contributed by atoms with Gasteiger partial charge in [0.05, 0.1) is 23.0 Å². The Morgan fingerprint density at radius 3 is 2.73 bits per heavy atom. The van der Waals surface area contributed by atoms with Gasteiger partial charge in [0.15, 0.2) is 6.73 Å². The first-order valence-corrected chi connectivity index (χ1v) is 7.86. The van der Waals surface area contributed by atoms with Crippen molar-refractivity contribution in [3.63, 3.8) is 0 Å². The summed E-state index contributed by atoms with van der Waals surface area (Å²) in [7, 11) is 0. The predicted molar refractivity (Wildman–Crippen MR) is 95.4 cm³/mol. The van der Waals surface area contributed by atoms with Crippen molar-refractivity contribution in [2.45, 2.75) is 6.73 Å². The number of nitro benzene ring substituents is 1. The molecule has 0 radical (unpaired) electrons. The summed E-state index contributed by atoms with van der Waals surface area (Å²) in [6, 6.07) is 12.3. The van der Waals surface area contributed by atoms with Crippen LogP contribution in [0.3, 0.4) is 0 Å². The van der Waals surface area contributed by atoms with E-state index in [1.54, 1.807) is 30.5 Å². The number of nitrogens with zero attached hydrogens (tertiary/aromatic N) is 3. The van der Waals surface area contributed by atoms with Crippen LogP contribution < -0.4 is 10.1 Å². The highest BCUT2D eigenvalue weighted by atomic mass is 35.5. The molecule has 0 atom stereocenters. The number of rotatable bonds is 6. The largest absolute Gasteiger partial charge is 0.471 e. The van der Waals surface area contributed by atoms with Gasteiger partial charge in [-0.1, -0.05) is 17.7 Å². The van der Waals surface area contributed by atoms with Crippen molar-refractivity contribution in [1.29, 1.82) is 0 Å². The average Bonchev–Trinajstić information content (AvgIpc) is 3.07. The molecule has 1 aromatic heterocycles. The van der Waals surface area contributed by atoms with Crippen LogP contribution >= 0.6 is 11.6 Å². The summed E-state index contributed by atoms with van der Waals surface area (Å²) >= 11 is 5.89.